The molecule has 0 heterocycles. The summed E-state index contributed by atoms with van der Waals surface area (Å²) in [7, 11) is 2.08. The molecular formula is C11H21N. The second-order valence-electron chi connectivity index (χ2n) is 4.14. The third-order valence-corrected chi connectivity index (χ3v) is 2.75. The predicted octanol–water partition coefficient (Wildman–Crippen LogP) is 2.73. The maximum absolute atomic E-state index is 3.36. The zero-order valence-corrected chi connectivity index (χ0v) is 8.56. The summed E-state index contributed by atoms with van der Waals surface area (Å²) in [6, 6.07) is 0.784. The highest BCUT2D eigenvalue weighted by Gasteiger charge is 2.17. The molecule has 0 atom stereocenters. The first-order chi connectivity index (χ1) is 5.72. The minimum Gasteiger partial charge on any atom is -0.317 e. The summed E-state index contributed by atoms with van der Waals surface area (Å²) >= 11 is 0. The zero-order chi connectivity index (χ0) is 8.97. The van der Waals surface area contributed by atoms with Crippen molar-refractivity contribution in [3.05, 3.63) is 11.6 Å². The second kappa shape index (κ2) is 4.66. The van der Waals surface area contributed by atoms with Gasteiger partial charge in [-0.25, -0.2) is 0 Å². The molecule has 1 aliphatic rings. The van der Waals surface area contributed by atoms with E-state index in [4.69, 9.17) is 0 Å². The van der Waals surface area contributed by atoms with Crippen LogP contribution >= 0.6 is 0 Å². The molecule has 1 rings (SSSR count). The van der Waals surface area contributed by atoms with Crippen molar-refractivity contribution in [3.8, 4) is 0 Å². The second-order valence-corrected chi connectivity index (χ2v) is 4.14. The van der Waals surface area contributed by atoms with Crippen molar-refractivity contribution < 1.29 is 0 Å². The van der Waals surface area contributed by atoms with Gasteiger partial charge in [0.15, 0.2) is 0 Å². The Morgan fingerprint density at radius 2 is 1.75 bits per heavy atom. The first-order valence-electron chi connectivity index (χ1n) is 5.04. The average molecular weight is 167 g/mol. The van der Waals surface area contributed by atoms with Gasteiger partial charge < -0.3 is 5.32 Å². The molecule has 1 aliphatic carbocycles. The van der Waals surface area contributed by atoms with Crippen LogP contribution in [0.5, 0.6) is 0 Å². The quantitative estimate of drug-likeness (QED) is 0.624. The third kappa shape index (κ3) is 2.98. The Balaban J connectivity index is 2.31. The summed E-state index contributed by atoms with van der Waals surface area (Å²) in [6.45, 7) is 4.40. The van der Waals surface area contributed by atoms with E-state index >= 15 is 0 Å². The van der Waals surface area contributed by atoms with Crippen molar-refractivity contribution in [1.82, 2.24) is 5.32 Å². The minimum atomic E-state index is 0.784. The van der Waals surface area contributed by atoms with E-state index in [0.717, 1.165) is 12.0 Å². The molecule has 70 valence electrons. The van der Waals surface area contributed by atoms with Crippen LogP contribution in [0.2, 0.25) is 0 Å². The molecule has 1 saturated carbocycles. The van der Waals surface area contributed by atoms with Crippen LogP contribution in [0, 0.1) is 5.92 Å². The van der Waals surface area contributed by atoms with E-state index < -0.39 is 0 Å². The van der Waals surface area contributed by atoms with Crippen molar-refractivity contribution in [2.75, 3.05) is 7.05 Å². The molecule has 1 heteroatoms. The molecule has 0 amide bonds. The van der Waals surface area contributed by atoms with Gasteiger partial charge in [0, 0.05) is 6.04 Å². The lowest BCUT2D eigenvalue weighted by atomic mass is 9.85. The van der Waals surface area contributed by atoms with Crippen molar-refractivity contribution in [3.63, 3.8) is 0 Å². The Kier molecular flexibility index (Phi) is 3.80. The van der Waals surface area contributed by atoms with Crippen LogP contribution in [-0.2, 0) is 0 Å². The summed E-state index contributed by atoms with van der Waals surface area (Å²) in [4.78, 5) is 0. The van der Waals surface area contributed by atoms with Crippen LogP contribution in [-0.4, -0.2) is 13.1 Å². The van der Waals surface area contributed by atoms with Crippen LogP contribution in [0.25, 0.3) is 0 Å². The maximum Gasteiger partial charge on any atom is 0.00644 e. The molecule has 1 N–H and O–H groups in total. The maximum atomic E-state index is 3.36. The highest BCUT2D eigenvalue weighted by molar-refractivity contribution is 4.99. The minimum absolute atomic E-state index is 0.784. The standard InChI is InChI=1S/C11H21N/c1-9(2)8-10-4-6-11(12-3)7-5-10/h8,10-12H,4-7H2,1-3H3. The number of rotatable bonds is 2. The van der Waals surface area contributed by atoms with Gasteiger partial charge in [-0.2, -0.15) is 0 Å². The monoisotopic (exact) mass is 167 g/mol. The van der Waals surface area contributed by atoms with Crippen LogP contribution in [0.15, 0.2) is 11.6 Å². The SMILES string of the molecule is CNC1CCC(C=C(C)C)CC1. The van der Waals surface area contributed by atoms with Gasteiger partial charge in [-0.1, -0.05) is 11.6 Å². The molecule has 0 spiro atoms. The van der Waals surface area contributed by atoms with Gasteiger partial charge in [-0.3, -0.25) is 0 Å². The Morgan fingerprint density at radius 3 is 2.17 bits per heavy atom. The number of hydrogen-bond acceptors (Lipinski definition) is 1. The molecule has 0 aliphatic heterocycles. The van der Waals surface area contributed by atoms with Gasteiger partial charge >= 0.3 is 0 Å². The molecule has 0 saturated heterocycles. The van der Waals surface area contributed by atoms with Crippen LogP contribution in [0.4, 0.5) is 0 Å². The van der Waals surface area contributed by atoms with Gasteiger partial charge in [0.05, 0.1) is 0 Å². The molecular weight excluding hydrogens is 146 g/mol. The van der Waals surface area contributed by atoms with Gasteiger partial charge in [0.2, 0.25) is 0 Å². The number of allylic oxidation sites excluding steroid dienone is 2. The third-order valence-electron chi connectivity index (χ3n) is 2.75. The van der Waals surface area contributed by atoms with Crippen molar-refractivity contribution >= 4 is 0 Å². The van der Waals surface area contributed by atoms with Gasteiger partial charge in [-0.15, -0.1) is 0 Å². The van der Waals surface area contributed by atoms with E-state index in [2.05, 4.69) is 32.3 Å². The van der Waals surface area contributed by atoms with E-state index in [1.165, 1.54) is 31.3 Å². The lowest BCUT2D eigenvalue weighted by Gasteiger charge is -2.26. The molecule has 0 aromatic carbocycles. The smallest absolute Gasteiger partial charge is 0.00644 e. The lowest BCUT2D eigenvalue weighted by molar-refractivity contribution is 0.341. The highest BCUT2D eigenvalue weighted by Crippen LogP contribution is 2.25. The summed E-state index contributed by atoms with van der Waals surface area (Å²) < 4.78 is 0. The summed E-state index contributed by atoms with van der Waals surface area (Å²) in [5.74, 6) is 0.861. The van der Waals surface area contributed by atoms with Crippen molar-refractivity contribution in [2.45, 2.75) is 45.6 Å². The summed E-state index contributed by atoms with van der Waals surface area (Å²) in [5, 5.41) is 3.36. The summed E-state index contributed by atoms with van der Waals surface area (Å²) in [5.41, 5.74) is 1.47. The molecule has 0 radical (unpaired) electrons. The van der Waals surface area contributed by atoms with E-state index in [1.807, 2.05) is 0 Å². The Bertz CT molecular complexity index is 148. The van der Waals surface area contributed by atoms with E-state index in [1.54, 1.807) is 0 Å². The Morgan fingerprint density at radius 1 is 1.17 bits per heavy atom. The predicted molar refractivity (Wildman–Crippen MR) is 54.2 cm³/mol. The van der Waals surface area contributed by atoms with E-state index in [-0.39, 0.29) is 0 Å². The number of nitrogens with one attached hydrogen (secondary N) is 1. The van der Waals surface area contributed by atoms with Gasteiger partial charge in [-0.05, 0) is 52.5 Å². The van der Waals surface area contributed by atoms with Gasteiger partial charge in [0.1, 0.15) is 0 Å². The average Bonchev–Trinajstić information content (AvgIpc) is 2.05. The van der Waals surface area contributed by atoms with Crippen molar-refractivity contribution in [2.24, 2.45) is 5.92 Å². The van der Waals surface area contributed by atoms with Crippen LogP contribution < -0.4 is 5.32 Å². The molecule has 0 aromatic rings. The number of hydrogen-bond donors (Lipinski definition) is 1. The Hall–Kier alpha value is -0.300. The van der Waals surface area contributed by atoms with Gasteiger partial charge in [0.25, 0.3) is 0 Å². The van der Waals surface area contributed by atoms with Crippen LogP contribution in [0.3, 0.4) is 0 Å². The first-order valence-corrected chi connectivity index (χ1v) is 5.04. The fraction of sp³-hybridized carbons (Fsp3) is 0.818. The van der Waals surface area contributed by atoms with E-state index in [9.17, 15) is 0 Å². The summed E-state index contributed by atoms with van der Waals surface area (Å²) in [6.07, 6.45) is 7.88. The molecule has 12 heavy (non-hydrogen) atoms. The molecule has 0 unspecified atom stereocenters. The highest BCUT2D eigenvalue weighted by atomic mass is 14.9. The molecule has 1 nitrogen and oxygen atoms in total. The fourth-order valence-electron chi connectivity index (χ4n) is 2.05. The van der Waals surface area contributed by atoms with Crippen LogP contribution in [0.1, 0.15) is 39.5 Å². The van der Waals surface area contributed by atoms with Crippen molar-refractivity contribution in [1.29, 1.82) is 0 Å². The Labute approximate surface area is 76.2 Å². The topological polar surface area (TPSA) is 12.0 Å². The first kappa shape index (κ1) is 9.79. The normalized spacial score (nSPS) is 29.9. The molecule has 0 aromatic heterocycles. The lowest BCUT2D eigenvalue weighted by Crippen LogP contribution is -2.29. The molecule has 0 bridgehead atoms. The van der Waals surface area contributed by atoms with E-state index in [0.29, 0.717) is 0 Å². The fourth-order valence-corrected chi connectivity index (χ4v) is 2.05. The molecule has 1 fully saturated rings. The zero-order valence-electron chi connectivity index (χ0n) is 8.56. The largest absolute Gasteiger partial charge is 0.317 e.